The normalized spacial score (nSPS) is 8.86. The third kappa shape index (κ3) is 36.0. The molecular formula is H14Ca3O9P2. The fourth-order valence-corrected chi connectivity index (χ4v) is 1.25. The molecule has 0 heterocycles. The molecule has 0 unspecified atom stereocenters. The van der Waals surface area contributed by atoms with Crippen molar-refractivity contribution < 1.29 is 52.5 Å². The van der Waals surface area contributed by atoms with Gasteiger partial charge < -0.3 is 39.1 Å². The number of rotatable bonds is 2. The molecule has 0 atom stereocenters. The standard InChI is InChI=1S/3Ca.H4O7P2.2H2O.6H/c;;;1-8(2,3)7-9(4,5)6;;;;;;;;/h;;;(H2,1,2,3)(H2,4,5,6);2*1H2;;;;;;/q3*+2;;;;6*-1. The molecule has 0 bridgehead atoms. The maximum absolute atomic E-state index is 9.63. The van der Waals surface area contributed by atoms with Crippen molar-refractivity contribution in [3.63, 3.8) is 0 Å². The van der Waals surface area contributed by atoms with Gasteiger partial charge in [0.2, 0.25) is 0 Å². The van der Waals surface area contributed by atoms with Crippen molar-refractivity contribution >= 4 is 129 Å². The molecular weight excluding hydrogens is 326 g/mol. The Bertz CT molecular complexity index is 176. The molecule has 0 aliphatic carbocycles. The van der Waals surface area contributed by atoms with Gasteiger partial charge in [0, 0.05) is 0 Å². The van der Waals surface area contributed by atoms with Crippen molar-refractivity contribution in [1.29, 1.82) is 0 Å². The van der Waals surface area contributed by atoms with Crippen LogP contribution in [-0.4, -0.2) is 144 Å². The molecule has 8 N–H and O–H groups in total. The predicted octanol–water partition coefficient (Wildman–Crippen LogP) is -2.93. The van der Waals surface area contributed by atoms with E-state index >= 15 is 0 Å². The third-order valence-corrected chi connectivity index (χ3v) is 1.91. The van der Waals surface area contributed by atoms with Crippen LogP contribution in [-0.2, 0) is 13.4 Å². The molecule has 14 heavy (non-hydrogen) atoms. The second kappa shape index (κ2) is 15.0. The van der Waals surface area contributed by atoms with Crippen LogP contribution in [0.1, 0.15) is 8.56 Å². The predicted molar refractivity (Wildman–Crippen MR) is 56.3 cm³/mol. The summed E-state index contributed by atoms with van der Waals surface area (Å²) in [7, 11) is -10.1. The number of hydrogen-bond acceptors (Lipinski definition) is 3. The zero-order chi connectivity index (χ0) is 7.71. The van der Waals surface area contributed by atoms with Crippen LogP contribution in [0.4, 0.5) is 0 Å². The smallest absolute Gasteiger partial charge is 1.00 e. The van der Waals surface area contributed by atoms with Crippen molar-refractivity contribution in [2.75, 3.05) is 0 Å². The Labute approximate surface area is 178 Å². The van der Waals surface area contributed by atoms with E-state index in [1.165, 1.54) is 0 Å². The van der Waals surface area contributed by atoms with Crippen LogP contribution in [0.2, 0.25) is 0 Å². The van der Waals surface area contributed by atoms with E-state index in [2.05, 4.69) is 4.31 Å². The largest absolute Gasteiger partial charge is 2.00 e. The third-order valence-electron chi connectivity index (χ3n) is 0.213. The van der Waals surface area contributed by atoms with Crippen molar-refractivity contribution in [2.45, 2.75) is 0 Å². The summed E-state index contributed by atoms with van der Waals surface area (Å²) in [4.78, 5) is 31.0. The molecule has 0 rings (SSSR count). The summed E-state index contributed by atoms with van der Waals surface area (Å²) in [6, 6.07) is 0. The van der Waals surface area contributed by atoms with E-state index in [0.717, 1.165) is 0 Å². The van der Waals surface area contributed by atoms with E-state index < -0.39 is 15.6 Å². The van der Waals surface area contributed by atoms with Gasteiger partial charge in [-0.2, -0.15) is 4.31 Å². The van der Waals surface area contributed by atoms with Crippen molar-refractivity contribution in [3.05, 3.63) is 0 Å². The van der Waals surface area contributed by atoms with Crippen molar-refractivity contribution in [1.82, 2.24) is 0 Å². The molecule has 0 aliphatic heterocycles. The Balaban J connectivity index is -0.00000000582. The first-order valence-electron chi connectivity index (χ1n) is 1.53. The monoisotopic (exact) mass is 340 g/mol. The van der Waals surface area contributed by atoms with Crippen molar-refractivity contribution in [3.8, 4) is 0 Å². The first-order chi connectivity index (χ1) is 3.71. The minimum Gasteiger partial charge on any atom is -1.00 e. The molecule has 14 heteroatoms. The molecule has 0 saturated heterocycles. The number of phosphoric acid groups is 2. The summed E-state index contributed by atoms with van der Waals surface area (Å²) in [5.74, 6) is 0. The average Bonchev–Trinajstić information content (AvgIpc) is 1.14. The first kappa shape index (κ1) is 36.1. The fraction of sp³-hybridized carbons (Fsp3) is 0. The van der Waals surface area contributed by atoms with Gasteiger partial charge in [-0.05, 0) is 0 Å². The van der Waals surface area contributed by atoms with Crippen molar-refractivity contribution in [2.24, 2.45) is 0 Å². The van der Waals surface area contributed by atoms with Gasteiger partial charge in [-0.1, -0.05) is 0 Å². The van der Waals surface area contributed by atoms with E-state index in [1.54, 1.807) is 0 Å². The Morgan fingerprint density at radius 1 is 0.786 bits per heavy atom. The summed E-state index contributed by atoms with van der Waals surface area (Å²) in [6.45, 7) is 0. The van der Waals surface area contributed by atoms with Gasteiger partial charge in [-0.25, -0.2) is 9.13 Å². The molecule has 0 radical (unpaired) electrons. The molecule has 0 fully saturated rings. The van der Waals surface area contributed by atoms with Crippen LogP contribution in [0.5, 0.6) is 0 Å². The van der Waals surface area contributed by atoms with Gasteiger partial charge in [0.15, 0.2) is 0 Å². The SMILES string of the molecule is O.O.O=P(O)(O)OP(=O)(O)O.[Ca+2].[Ca+2].[Ca+2].[H-].[H-].[H-].[H-].[H-].[H-]. The zero-order valence-corrected chi connectivity index (χ0v) is 15.4. The van der Waals surface area contributed by atoms with Gasteiger partial charge in [-0.15, -0.1) is 0 Å². The summed E-state index contributed by atoms with van der Waals surface area (Å²) in [6.07, 6.45) is 0. The summed E-state index contributed by atoms with van der Waals surface area (Å²) in [5, 5.41) is 0. The Morgan fingerprint density at radius 3 is 0.929 bits per heavy atom. The Kier molecular flexibility index (Phi) is 38.7. The van der Waals surface area contributed by atoms with Crippen LogP contribution in [0.3, 0.4) is 0 Å². The maximum atomic E-state index is 9.63. The second-order valence-corrected chi connectivity index (χ2v) is 3.68. The molecule has 9 nitrogen and oxygen atoms in total. The summed E-state index contributed by atoms with van der Waals surface area (Å²) in [5.41, 5.74) is 0. The van der Waals surface area contributed by atoms with Gasteiger partial charge in [0.1, 0.15) is 0 Å². The van der Waals surface area contributed by atoms with Gasteiger partial charge in [-0.3, -0.25) is 0 Å². The molecule has 0 aromatic heterocycles. The van der Waals surface area contributed by atoms with E-state index in [0.29, 0.717) is 0 Å². The van der Waals surface area contributed by atoms with Gasteiger partial charge in [0.25, 0.3) is 0 Å². The van der Waals surface area contributed by atoms with Gasteiger partial charge >= 0.3 is 129 Å². The minimum atomic E-state index is -5.05. The van der Waals surface area contributed by atoms with E-state index in [4.69, 9.17) is 19.6 Å². The molecule has 0 saturated carbocycles. The van der Waals surface area contributed by atoms with Crippen LogP contribution in [0, 0.1) is 0 Å². The minimum absolute atomic E-state index is 0. The van der Waals surface area contributed by atoms with E-state index in [1.807, 2.05) is 0 Å². The zero-order valence-electron chi connectivity index (χ0n) is 13.0. The molecule has 84 valence electrons. The molecule has 0 aromatic rings. The topological polar surface area (TPSA) is 187 Å². The average molecular weight is 340 g/mol. The van der Waals surface area contributed by atoms with Crippen LogP contribution < -0.4 is 0 Å². The quantitative estimate of drug-likeness (QED) is 0.306. The second-order valence-electron chi connectivity index (χ2n) is 1.06. The van der Waals surface area contributed by atoms with E-state index in [-0.39, 0.29) is 133 Å². The molecule has 0 amide bonds. The van der Waals surface area contributed by atoms with E-state index in [9.17, 15) is 9.13 Å². The van der Waals surface area contributed by atoms with Crippen LogP contribution in [0.25, 0.3) is 0 Å². The fourth-order valence-electron chi connectivity index (χ4n) is 0.139. The molecule has 0 aliphatic rings. The van der Waals surface area contributed by atoms with Crippen LogP contribution >= 0.6 is 15.6 Å². The van der Waals surface area contributed by atoms with Gasteiger partial charge in [0.05, 0.1) is 0 Å². The maximum Gasteiger partial charge on any atom is 2.00 e. The number of hydrogen-bond donors (Lipinski definition) is 4. The Morgan fingerprint density at radius 2 is 0.929 bits per heavy atom. The van der Waals surface area contributed by atoms with Crippen LogP contribution in [0.15, 0.2) is 0 Å². The summed E-state index contributed by atoms with van der Waals surface area (Å²) >= 11 is 0. The first-order valence-corrected chi connectivity index (χ1v) is 4.59. The summed E-state index contributed by atoms with van der Waals surface area (Å²) < 4.78 is 22.2. The Hall–Kier alpha value is 3.96. The molecule has 0 aromatic carbocycles. The molecule has 0 spiro atoms.